The van der Waals surface area contributed by atoms with Gasteiger partial charge < -0.3 is 10.0 Å². The molecule has 1 aromatic rings. The SMILES string of the molecule is CN1C[C@H](O)C[C@H](c2ccccc2)C1. The van der Waals surface area contributed by atoms with Crippen molar-refractivity contribution < 1.29 is 5.11 Å². The number of nitrogens with zero attached hydrogens (tertiary/aromatic N) is 1. The molecule has 1 N–H and O–H groups in total. The second-order valence-electron chi connectivity index (χ2n) is 4.22. The molecule has 0 spiro atoms. The average Bonchev–Trinajstić information content (AvgIpc) is 2.18. The van der Waals surface area contributed by atoms with Gasteiger partial charge in [-0.2, -0.15) is 0 Å². The zero-order chi connectivity index (χ0) is 9.97. The van der Waals surface area contributed by atoms with E-state index in [2.05, 4.69) is 36.2 Å². The highest BCUT2D eigenvalue weighted by Crippen LogP contribution is 2.25. The Bertz CT molecular complexity index is 276. The van der Waals surface area contributed by atoms with E-state index in [1.807, 2.05) is 6.07 Å². The van der Waals surface area contributed by atoms with Crippen LogP contribution in [-0.2, 0) is 0 Å². The van der Waals surface area contributed by atoms with Gasteiger partial charge in [0.15, 0.2) is 0 Å². The molecule has 14 heavy (non-hydrogen) atoms. The Morgan fingerprint density at radius 3 is 2.57 bits per heavy atom. The van der Waals surface area contributed by atoms with Crippen LogP contribution in [0, 0.1) is 0 Å². The average molecular weight is 191 g/mol. The summed E-state index contributed by atoms with van der Waals surface area (Å²) in [5.41, 5.74) is 1.35. The number of hydrogen-bond acceptors (Lipinski definition) is 2. The molecule has 2 atom stereocenters. The lowest BCUT2D eigenvalue weighted by Gasteiger charge is -2.33. The topological polar surface area (TPSA) is 23.5 Å². The maximum atomic E-state index is 9.67. The van der Waals surface area contributed by atoms with Crippen molar-refractivity contribution in [1.82, 2.24) is 4.90 Å². The van der Waals surface area contributed by atoms with Gasteiger partial charge in [-0.3, -0.25) is 0 Å². The van der Waals surface area contributed by atoms with E-state index in [0.29, 0.717) is 5.92 Å². The molecule has 0 saturated carbocycles. The van der Waals surface area contributed by atoms with Crippen LogP contribution < -0.4 is 0 Å². The molecule has 0 bridgehead atoms. The molecule has 76 valence electrons. The normalized spacial score (nSPS) is 29.0. The summed E-state index contributed by atoms with van der Waals surface area (Å²) in [6.07, 6.45) is 0.730. The number of hydrogen-bond donors (Lipinski definition) is 1. The molecule has 1 heterocycles. The summed E-state index contributed by atoms with van der Waals surface area (Å²) in [5, 5.41) is 9.67. The largest absolute Gasteiger partial charge is 0.392 e. The molecular weight excluding hydrogens is 174 g/mol. The number of aliphatic hydroxyl groups excluding tert-OH is 1. The van der Waals surface area contributed by atoms with Gasteiger partial charge in [0.25, 0.3) is 0 Å². The van der Waals surface area contributed by atoms with Crippen LogP contribution in [0.2, 0.25) is 0 Å². The van der Waals surface area contributed by atoms with Crippen LogP contribution in [0.5, 0.6) is 0 Å². The summed E-state index contributed by atoms with van der Waals surface area (Å²) in [5.74, 6) is 0.491. The van der Waals surface area contributed by atoms with Crippen molar-refractivity contribution in [2.24, 2.45) is 0 Å². The zero-order valence-corrected chi connectivity index (χ0v) is 8.56. The minimum Gasteiger partial charge on any atom is -0.392 e. The minimum absolute atomic E-state index is 0.168. The molecule has 2 rings (SSSR count). The van der Waals surface area contributed by atoms with Crippen molar-refractivity contribution >= 4 is 0 Å². The van der Waals surface area contributed by atoms with Crippen LogP contribution in [0.25, 0.3) is 0 Å². The molecule has 2 heteroatoms. The molecule has 2 nitrogen and oxygen atoms in total. The summed E-state index contributed by atoms with van der Waals surface area (Å²) < 4.78 is 0. The lowest BCUT2D eigenvalue weighted by molar-refractivity contribution is 0.0725. The van der Waals surface area contributed by atoms with Gasteiger partial charge in [0.05, 0.1) is 6.10 Å². The van der Waals surface area contributed by atoms with E-state index in [1.165, 1.54) is 5.56 Å². The van der Waals surface area contributed by atoms with Gasteiger partial charge >= 0.3 is 0 Å². The number of aliphatic hydroxyl groups is 1. The third-order valence-corrected chi connectivity index (χ3v) is 2.88. The first-order valence-corrected chi connectivity index (χ1v) is 5.17. The third kappa shape index (κ3) is 2.14. The monoisotopic (exact) mass is 191 g/mol. The van der Waals surface area contributed by atoms with Crippen LogP contribution in [0.4, 0.5) is 0 Å². The maximum absolute atomic E-state index is 9.67. The van der Waals surface area contributed by atoms with Crippen molar-refractivity contribution in [3.05, 3.63) is 35.9 Å². The van der Waals surface area contributed by atoms with Crippen LogP contribution in [-0.4, -0.2) is 36.2 Å². The third-order valence-electron chi connectivity index (χ3n) is 2.88. The van der Waals surface area contributed by atoms with E-state index in [1.54, 1.807) is 0 Å². The lowest BCUT2D eigenvalue weighted by Crippen LogP contribution is -2.39. The fraction of sp³-hybridized carbons (Fsp3) is 0.500. The molecule has 1 saturated heterocycles. The molecule has 1 fully saturated rings. The highest BCUT2D eigenvalue weighted by Gasteiger charge is 2.24. The van der Waals surface area contributed by atoms with Gasteiger partial charge in [0.2, 0.25) is 0 Å². The smallest absolute Gasteiger partial charge is 0.0673 e. The Kier molecular flexibility index (Phi) is 2.85. The van der Waals surface area contributed by atoms with Gasteiger partial charge in [0.1, 0.15) is 0 Å². The molecule has 0 aliphatic carbocycles. The van der Waals surface area contributed by atoms with E-state index < -0.39 is 0 Å². The highest BCUT2D eigenvalue weighted by molar-refractivity contribution is 5.20. The van der Waals surface area contributed by atoms with Crippen LogP contribution in [0.3, 0.4) is 0 Å². The minimum atomic E-state index is -0.168. The Morgan fingerprint density at radius 1 is 1.21 bits per heavy atom. The standard InChI is InChI=1S/C12H17NO/c1-13-8-11(7-12(14)9-13)10-5-3-2-4-6-10/h2-6,11-12,14H,7-9H2,1H3/t11-,12+/m0/s1. The number of benzene rings is 1. The quantitative estimate of drug-likeness (QED) is 0.726. The van der Waals surface area contributed by atoms with E-state index in [-0.39, 0.29) is 6.10 Å². The van der Waals surface area contributed by atoms with Crippen molar-refractivity contribution in [3.8, 4) is 0 Å². The predicted molar refractivity (Wildman–Crippen MR) is 57.3 cm³/mol. The summed E-state index contributed by atoms with van der Waals surface area (Å²) in [6.45, 7) is 1.87. The molecule has 1 aliphatic rings. The molecule has 1 aromatic carbocycles. The summed E-state index contributed by atoms with van der Waals surface area (Å²) in [6, 6.07) is 10.5. The van der Waals surface area contributed by atoms with Crippen LogP contribution >= 0.6 is 0 Å². The predicted octanol–water partition coefficient (Wildman–Crippen LogP) is 1.47. The van der Waals surface area contributed by atoms with Crippen LogP contribution in [0.1, 0.15) is 17.9 Å². The van der Waals surface area contributed by atoms with Crippen molar-refractivity contribution in [2.45, 2.75) is 18.4 Å². The van der Waals surface area contributed by atoms with Crippen molar-refractivity contribution in [2.75, 3.05) is 20.1 Å². The zero-order valence-electron chi connectivity index (χ0n) is 8.56. The maximum Gasteiger partial charge on any atom is 0.0673 e. The van der Waals surface area contributed by atoms with Crippen molar-refractivity contribution in [3.63, 3.8) is 0 Å². The summed E-state index contributed by atoms with van der Waals surface area (Å²) in [7, 11) is 2.07. The molecule has 0 amide bonds. The van der Waals surface area contributed by atoms with Gasteiger partial charge in [-0.25, -0.2) is 0 Å². The summed E-state index contributed by atoms with van der Waals surface area (Å²) in [4.78, 5) is 2.20. The first-order valence-electron chi connectivity index (χ1n) is 5.17. The van der Waals surface area contributed by atoms with Gasteiger partial charge in [-0.1, -0.05) is 30.3 Å². The Hall–Kier alpha value is -0.860. The molecular formula is C12H17NO. The second kappa shape index (κ2) is 4.11. The molecule has 0 aromatic heterocycles. The Balaban J connectivity index is 2.11. The first-order chi connectivity index (χ1) is 6.75. The van der Waals surface area contributed by atoms with Crippen molar-refractivity contribution in [1.29, 1.82) is 0 Å². The molecule has 0 unspecified atom stereocenters. The van der Waals surface area contributed by atoms with E-state index in [0.717, 1.165) is 19.5 Å². The lowest BCUT2D eigenvalue weighted by atomic mass is 9.89. The summed E-state index contributed by atoms with van der Waals surface area (Å²) >= 11 is 0. The van der Waals surface area contributed by atoms with E-state index in [4.69, 9.17) is 0 Å². The number of likely N-dealkylation sites (N-methyl/N-ethyl adjacent to an activating group) is 1. The first kappa shape index (κ1) is 9.69. The number of rotatable bonds is 1. The van der Waals surface area contributed by atoms with Crippen LogP contribution in [0.15, 0.2) is 30.3 Å². The second-order valence-corrected chi connectivity index (χ2v) is 4.22. The Labute approximate surface area is 85.2 Å². The van der Waals surface area contributed by atoms with Gasteiger partial charge in [-0.05, 0) is 24.9 Å². The number of β-amino-alcohol motifs (C(OH)–C–C–N with tert-alkyl or cyclic N) is 1. The fourth-order valence-electron chi connectivity index (χ4n) is 2.25. The van der Waals surface area contributed by atoms with Gasteiger partial charge in [0, 0.05) is 13.1 Å². The molecule has 0 radical (unpaired) electrons. The Morgan fingerprint density at radius 2 is 1.93 bits per heavy atom. The van der Waals surface area contributed by atoms with Gasteiger partial charge in [-0.15, -0.1) is 0 Å². The van der Waals surface area contributed by atoms with E-state index in [9.17, 15) is 5.11 Å². The number of piperidine rings is 1. The fourth-order valence-corrected chi connectivity index (χ4v) is 2.25. The van der Waals surface area contributed by atoms with E-state index >= 15 is 0 Å². The highest BCUT2D eigenvalue weighted by atomic mass is 16.3. The number of likely N-dealkylation sites (tertiary alicyclic amines) is 1. The molecule has 1 aliphatic heterocycles.